The molecule has 232 valence electrons. The van der Waals surface area contributed by atoms with Gasteiger partial charge in [0.2, 0.25) is 0 Å². The van der Waals surface area contributed by atoms with Crippen molar-refractivity contribution in [3.05, 3.63) is 83.0 Å². The molecule has 2 rings (SSSR count). The Bertz CT molecular complexity index is 1310. The van der Waals surface area contributed by atoms with E-state index in [1.807, 2.05) is 27.7 Å². The second-order valence-corrected chi connectivity index (χ2v) is 10.6. The SMILES string of the molecule is C=C(C)C(=O)Oc1ccc(C(C)(C)c2ccc(OC(=O)C(=C)C)c(C=CC)c2OC(O)CC)c(OC(O)CC)c1C=CC. The van der Waals surface area contributed by atoms with Gasteiger partial charge in [0, 0.05) is 40.5 Å². The Morgan fingerprint density at radius 2 is 1.12 bits per heavy atom. The lowest BCUT2D eigenvalue weighted by Crippen LogP contribution is -2.26. The van der Waals surface area contributed by atoms with Gasteiger partial charge < -0.3 is 29.2 Å². The largest absolute Gasteiger partial charge is 0.464 e. The Morgan fingerprint density at radius 1 is 0.767 bits per heavy atom. The van der Waals surface area contributed by atoms with E-state index >= 15 is 0 Å². The third kappa shape index (κ3) is 8.46. The van der Waals surface area contributed by atoms with Crippen LogP contribution in [-0.4, -0.2) is 34.7 Å². The number of allylic oxidation sites excluding steroid dienone is 2. The summed E-state index contributed by atoms with van der Waals surface area (Å²) in [7, 11) is 0. The van der Waals surface area contributed by atoms with Crippen molar-refractivity contribution in [3.63, 3.8) is 0 Å². The maximum Gasteiger partial charge on any atom is 0.338 e. The van der Waals surface area contributed by atoms with Crippen LogP contribution in [0.15, 0.2) is 60.7 Å². The predicted octanol–water partition coefficient (Wildman–Crippen LogP) is 7.26. The second-order valence-electron chi connectivity index (χ2n) is 10.6. The first-order valence-corrected chi connectivity index (χ1v) is 14.3. The highest BCUT2D eigenvalue weighted by Crippen LogP contribution is 2.48. The van der Waals surface area contributed by atoms with Crippen LogP contribution >= 0.6 is 0 Å². The maximum atomic E-state index is 12.5. The summed E-state index contributed by atoms with van der Waals surface area (Å²) in [6.07, 6.45) is 5.33. The number of benzene rings is 2. The highest BCUT2D eigenvalue weighted by molar-refractivity contribution is 5.90. The van der Waals surface area contributed by atoms with Crippen molar-refractivity contribution in [2.45, 2.75) is 86.2 Å². The van der Waals surface area contributed by atoms with Crippen molar-refractivity contribution in [1.82, 2.24) is 0 Å². The highest BCUT2D eigenvalue weighted by Gasteiger charge is 2.35. The summed E-state index contributed by atoms with van der Waals surface area (Å²) < 4.78 is 23.5. The number of aliphatic hydroxyl groups is 2. The molecule has 0 spiro atoms. The topological polar surface area (TPSA) is 112 Å². The molecular formula is C35H44O8. The number of aliphatic hydroxyl groups excluding tert-OH is 2. The Morgan fingerprint density at radius 3 is 1.40 bits per heavy atom. The standard InChI is InChI=1S/C35H44O8/c1-11-15-23-27(40-33(38)21(5)6)19-17-25(31(23)42-29(36)13-3)35(9,10)26-18-20-28(41-34(39)22(7)8)24(16-12-2)32(26)43-30(37)14-4/h11-12,15-20,29-30,36-37H,5,7,13-14H2,1-4,6,8-10H3. The molecule has 0 amide bonds. The average Bonchev–Trinajstić information content (AvgIpc) is 2.95. The Hall–Kier alpha value is -4.14. The van der Waals surface area contributed by atoms with Gasteiger partial charge in [-0.1, -0.05) is 77.3 Å². The molecule has 43 heavy (non-hydrogen) atoms. The van der Waals surface area contributed by atoms with Crippen LogP contribution in [0.5, 0.6) is 23.0 Å². The van der Waals surface area contributed by atoms with Gasteiger partial charge in [-0.05, 0) is 39.8 Å². The zero-order chi connectivity index (χ0) is 32.5. The molecule has 8 heteroatoms. The molecule has 2 aromatic carbocycles. The summed E-state index contributed by atoms with van der Waals surface area (Å²) in [5.41, 5.74) is 1.74. The monoisotopic (exact) mass is 592 g/mol. The number of hydrogen-bond donors (Lipinski definition) is 2. The van der Waals surface area contributed by atoms with Crippen LogP contribution < -0.4 is 18.9 Å². The fourth-order valence-electron chi connectivity index (χ4n) is 4.19. The van der Waals surface area contributed by atoms with Gasteiger partial charge in [0.1, 0.15) is 23.0 Å². The first kappa shape index (κ1) is 35.1. The molecule has 2 aromatic rings. The lowest BCUT2D eigenvalue weighted by atomic mass is 9.75. The number of hydrogen-bond acceptors (Lipinski definition) is 8. The fourth-order valence-corrected chi connectivity index (χ4v) is 4.19. The summed E-state index contributed by atoms with van der Waals surface area (Å²) in [6, 6.07) is 6.84. The molecule has 0 saturated carbocycles. The summed E-state index contributed by atoms with van der Waals surface area (Å²) in [4.78, 5) is 24.9. The molecule has 0 fully saturated rings. The summed E-state index contributed by atoms with van der Waals surface area (Å²) >= 11 is 0. The molecular weight excluding hydrogens is 548 g/mol. The van der Waals surface area contributed by atoms with Gasteiger partial charge in [-0.2, -0.15) is 0 Å². The van der Waals surface area contributed by atoms with E-state index in [4.69, 9.17) is 18.9 Å². The third-order valence-corrected chi connectivity index (χ3v) is 6.63. The minimum absolute atomic E-state index is 0.229. The molecule has 0 aliphatic rings. The van der Waals surface area contributed by atoms with Crippen molar-refractivity contribution in [3.8, 4) is 23.0 Å². The smallest absolute Gasteiger partial charge is 0.338 e. The Balaban J connectivity index is 2.98. The van der Waals surface area contributed by atoms with E-state index in [1.165, 1.54) is 0 Å². The van der Waals surface area contributed by atoms with E-state index in [1.54, 1.807) is 76.3 Å². The number of ether oxygens (including phenoxy) is 4. The van der Waals surface area contributed by atoms with Crippen molar-refractivity contribution in [1.29, 1.82) is 0 Å². The normalized spacial score (nSPS) is 13.1. The molecule has 0 aromatic heterocycles. The third-order valence-electron chi connectivity index (χ3n) is 6.63. The number of carbonyl (C=O) groups is 2. The molecule has 0 radical (unpaired) electrons. The molecule has 0 bridgehead atoms. The minimum atomic E-state index is -1.15. The zero-order valence-electron chi connectivity index (χ0n) is 26.4. The average molecular weight is 593 g/mol. The minimum Gasteiger partial charge on any atom is -0.464 e. The van der Waals surface area contributed by atoms with Crippen molar-refractivity contribution in [2.24, 2.45) is 0 Å². The number of rotatable bonds is 14. The lowest BCUT2D eigenvalue weighted by Gasteiger charge is -2.33. The van der Waals surface area contributed by atoms with E-state index in [9.17, 15) is 19.8 Å². The van der Waals surface area contributed by atoms with Crippen molar-refractivity contribution >= 4 is 24.1 Å². The van der Waals surface area contributed by atoms with Gasteiger partial charge in [0.25, 0.3) is 0 Å². The van der Waals surface area contributed by atoms with E-state index in [0.29, 0.717) is 46.6 Å². The van der Waals surface area contributed by atoms with Crippen LogP contribution in [0.3, 0.4) is 0 Å². The van der Waals surface area contributed by atoms with Crippen LogP contribution in [0.4, 0.5) is 0 Å². The Kier molecular flexibility index (Phi) is 12.5. The molecule has 0 aliphatic heterocycles. The molecule has 2 N–H and O–H groups in total. The number of carbonyl (C=O) groups excluding carboxylic acids is 2. The molecule has 0 saturated heterocycles. The summed E-state index contributed by atoms with van der Waals surface area (Å²) in [6.45, 7) is 21.5. The van der Waals surface area contributed by atoms with Gasteiger partial charge in [0.05, 0.1) is 11.1 Å². The molecule has 2 unspecified atom stereocenters. The van der Waals surface area contributed by atoms with Gasteiger partial charge in [0.15, 0.2) is 12.6 Å². The maximum absolute atomic E-state index is 12.5. The number of esters is 2. The van der Waals surface area contributed by atoms with Crippen LogP contribution in [0.2, 0.25) is 0 Å². The molecule has 8 nitrogen and oxygen atoms in total. The first-order chi connectivity index (χ1) is 20.2. The van der Waals surface area contributed by atoms with Gasteiger partial charge in [-0.3, -0.25) is 0 Å². The first-order valence-electron chi connectivity index (χ1n) is 14.3. The summed E-state index contributed by atoms with van der Waals surface area (Å²) in [5, 5.41) is 21.2. The van der Waals surface area contributed by atoms with E-state index in [-0.39, 0.29) is 22.6 Å². The van der Waals surface area contributed by atoms with Crippen molar-refractivity contribution < 1.29 is 38.7 Å². The van der Waals surface area contributed by atoms with Crippen molar-refractivity contribution in [2.75, 3.05) is 0 Å². The van der Waals surface area contributed by atoms with Crippen LogP contribution in [0, 0.1) is 0 Å². The van der Waals surface area contributed by atoms with Gasteiger partial charge >= 0.3 is 11.9 Å². The fraction of sp³-hybridized carbons (Fsp3) is 0.371. The Labute approximate surface area is 254 Å². The molecule has 0 heterocycles. The van der Waals surface area contributed by atoms with E-state index in [2.05, 4.69) is 13.2 Å². The molecule has 0 aliphatic carbocycles. The van der Waals surface area contributed by atoms with E-state index in [0.717, 1.165) is 0 Å². The van der Waals surface area contributed by atoms with Gasteiger partial charge in [-0.15, -0.1) is 0 Å². The van der Waals surface area contributed by atoms with E-state index < -0.39 is 29.9 Å². The quantitative estimate of drug-likeness (QED) is 0.102. The zero-order valence-corrected chi connectivity index (χ0v) is 26.4. The predicted molar refractivity (Wildman–Crippen MR) is 169 cm³/mol. The molecule has 2 atom stereocenters. The second kappa shape index (κ2) is 15.4. The lowest BCUT2D eigenvalue weighted by molar-refractivity contribution is -0.131. The summed E-state index contributed by atoms with van der Waals surface area (Å²) in [5.74, 6) is -0.120. The van der Waals surface area contributed by atoms with Crippen LogP contribution in [-0.2, 0) is 15.0 Å². The van der Waals surface area contributed by atoms with Crippen LogP contribution in [0.1, 0.15) is 90.5 Å². The van der Waals surface area contributed by atoms with Crippen LogP contribution in [0.25, 0.3) is 12.2 Å². The highest BCUT2D eigenvalue weighted by atomic mass is 16.6. The van der Waals surface area contributed by atoms with Gasteiger partial charge in [-0.25, -0.2) is 9.59 Å².